The number of piperidine rings is 1. The molecule has 3 aromatic rings. The molecule has 2 heterocycles. The molecule has 1 fully saturated rings. The number of fused-ring (bicyclic) bond motifs is 1. The molecule has 1 aromatic heterocycles. The molecule has 1 aliphatic heterocycles. The lowest BCUT2D eigenvalue weighted by Crippen LogP contribution is -2.42. The van der Waals surface area contributed by atoms with Crippen molar-refractivity contribution in [2.45, 2.75) is 25.2 Å². The number of hydrogen-bond donors (Lipinski definition) is 1. The molecule has 2 aromatic carbocycles. The van der Waals surface area contributed by atoms with E-state index in [1.54, 1.807) is 18.4 Å². The van der Waals surface area contributed by atoms with Gasteiger partial charge in [-0.25, -0.2) is 4.98 Å². The highest BCUT2D eigenvalue weighted by molar-refractivity contribution is 7.18. The number of aromatic nitrogens is 1. The number of benzene rings is 2. The van der Waals surface area contributed by atoms with Gasteiger partial charge in [-0.1, -0.05) is 30.3 Å². The van der Waals surface area contributed by atoms with E-state index in [0.717, 1.165) is 49.2 Å². The normalized spacial score (nSPS) is 17.3. The van der Waals surface area contributed by atoms with E-state index in [9.17, 15) is 4.79 Å². The minimum absolute atomic E-state index is 0.0878. The third-order valence-electron chi connectivity index (χ3n) is 5.44. The van der Waals surface area contributed by atoms with Crippen LogP contribution in [0.4, 0.5) is 0 Å². The fraction of sp³-hybridized carbons (Fsp3) is 0.391. The van der Waals surface area contributed by atoms with Crippen molar-refractivity contribution in [3.8, 4) is 5.75 Å². The van der Waals surface area contributed by atoms with E-state index in [2.05, 4.69) is 28.4 Å². The zero-order chi connectivity index (χ0) is 20.1. The van der Waals surface area contributed by atoms with Crippen LogP contribution in [-0.2, 0) is 11.2 Å². The van der Waals surface area contributed by atoms with Gasteiger partial charge in [0.1, 0.15) is 5.75 Å². The first kappa shape index (κ1) is 19.9. The number of nitrogens with one attached hydrogen (secondary N) is 1. The zero-order valence-corrected chi connectivity index (χ0v) is 17.6. The van der Waals surface area contributed by atoms with Crippen molar-refractivity contribution >= 4 is 27.5 Å². The van der Waals surface area contributed by atoms with Crippen molar-refractivity contribution in [2.75, 3.05) is 33.3 Å². The van der Waals surface area contributed by atoms with Gasteiger partial charge in [-0.3, -0.25) is 9.69 Å². The second-order valence-electron chi connectivity index (χ2n) is 7.51. The van der Waals surface area contributed by atoms with Gasteiger partial charge in [0.25, 0.3) is 0 Å². The minimum atomic E-state index is 0.0878. The Kier molecular flexibility index (Phi) is 6.42. The second-order valence-corrected chi connectivity index (χ2v) is 8.57. The maximum atomic E-state index is 12.4. The number of thiazole rings is 1. The summed E-state index contributed by atoms with van der Waals surface area (Å²) in [7, 11) is 1.68. The number of carbonyl (C=O) groups excluding carboxylic acids is 1. The number of methoxy groups -OCH3 is 1. The molecule has 5 nitrogen and oxygen atoms in total. The second kappa shape index (κ2) is 9.37. The van der Waals surface area contributed by atoms with Crippen molar-refractivity contribution in [3.05, 3.63) is 59.1 Å². The Balaban J connectivity index is 1.28. The van der Waals surface area contributed by atoms with Gasteiger partial charge in [-0.05, 0) is 49.6 Å². The van der Waals surface area contributed by atoms with Gasteiger partial charge < -0.3 is 10.1 Å². The molecule has 1 amide bonds. The first-order valence-corrected chi connectivity index (χ1v) is 11.0. The Morgan fingerprint density at radius 1 is 1.24 bits per heavy atom. The molecule has 4 rings (SSSR count). The van der Waals surface area contributed by atoms with Crippen LogP contribution in [0.5, 0.6) is 5.75 Å². The molecule has 0 bridgehead atoms. The maximum Gasteiger partial charge on any atom is 0.234 e. The summed E-state index contributed by atoms with van der Waals surface area (Å²) in [5.41, 5.74) is 2.20. The lowest BCUT2D eigenvalue weighted by atomic mass is 9.99. The Labute approximate surface area is 175 Å². The number of amides is 1. The average molecular weight is 410 g/mol. The van der Waals surface area contributed by atoms with Crippen LogP contribution in [0.25, 0.3) is 10.2 Å². The summed E-state index contributed by atoms with van der Waals surface area (Å²) < 4.78 is 6.62. The largest absolute Gasteiger partial charge is 0.496 e. The van der Waals surface area contributed by atoms with Crippen LogP contribution in [0.1, 0.15) is 29.3 Å². The molecule has 6 heteroatoms. The van der Waals surface area contributed by atoms with Crippen LogP contribution in [0, 0.1) is 0 Å². The van der Waals surface area contributed by atoms with Crippen LogP contribution in [-0.4, -0.2) is 49.1 Å². The average Bonchev–Trinajstić information content (AvgIpc) is 3.19. The van der Waals surface area contributed by atoms with E-state index in [0.29, 0.717) is 19.0 Å². The van der Waals surface area contributed by atoms with E-state index < -0.39 is 0 Å². The standard InChI is InChI=1S/C23H27N3O2S/c1-28-20-10-4-2-7-17(20)12-13-24-22(27)16-26-14-6-8-18(15-26)23-25-19-9-3-5-11-21(19)29-23/h2-5,7,9-11,18H,6,8,12-16H2,1H3,(H,24,27)/t18-/m0/s1. The summed E-state index contributed by atoms with van der Waals surface area (Å²) >= 11 is 1.79. The van der Waals surface area contributed by atoms with Crippen LogP contribution in [0.15, 0.2) is 48.5 Å². The first-order valence-electron chi connectivity index (χ1n) is 10.2. The highest BCUT2D eigenvalue weighted by Crippen LogP contribution is 2.32. The molecule has 1 saturated heterocycles. The molecule has 0 unspecified atom stereocenters. The molecule has 152 valence electrons. The van der Waals surface area contributed by atoms with E-state index in [1.165, 1.54) is 9.71 Å². The summed E-state index contributed by atoms with van der Waals surface area (Å²) in [6.45, 7) is 2.95. The smallest absolute Gasteiger partial charge is 0.234 e. The van der Waals surface area contributed by atoms with Crippen molar-refractivity contribution in [2.24, 2.45) is 0 Å². The predicted octanol–water partition coefficient (Wildman–Crippen LogP) is 3.84. The quantitative estimate of drug-likeness (QED) is 0.644. The lowest BCUT2D eigenvalue weighted by Gasteiger charge is -2.31. The number of ether oxygens (including phenoxy) is 1. The molecular weight excluding hydrogens is 382 g/mol. The Morgan fingerprint density at radius 2 is 2.07 bits per heavy atom. The van der Waals surface area contributed by atoms with Gasteiger partial charge in [0.05, 0.1) is 28.9 Å². The Bertz CT molecular complexity index is 938. The molecular formula is C23H27N3O2S. The number of rotatable bonds is 7. The summed E-state index contributed by atoms with van der Waals surface area (Å²) in [5, 5.41) is 4.26. The predicted molar refractivity (Wildman–Crippen MR) is 118 cm³/mol. The summed E-state index contributed by atoms with van der Waals surface area (Å²) in [6.07, 6.45) is 3.02. The van der Waals surface area contributed by atoms with Crippen LogP contribution >= 0.6 is 11.3 Å². The van der Waals surface area contributed by atoms with Gasteiger partial charge >= 0.3 is 0 Å². The fourth-order valence-corrected chi connectivity index (χ4v) is 5.06. The van der Waals surface area contributed by atoms with Crippen molar-refractivity contribution in [1.29, 1.82) is 0 Å². The first-order chi connectivity index (χ1) is 14.2. The summed E-state index contributed by atoms with van der Waals surface area (Å²) in [5.74, 6) is 1.38. The number of para-hydroxylation sites is 2. The van der Waals surface area contributed by atoms with E-state index >= 15 is 0 Å². The Hall–Kier alpha value is -2.44. The number of hydrogen-bond acceptors (Lipinski definition) is 5. The zero-order valence-electron chi connectivity index (χ0n) is 16.8. The molecule has 0 saturated carbocycles. The number of likely N-dealkylation sites (tertiary alicyclic amines) is 1. The molecule has 0 spiro atoms. The van der Waals surface area contributed by atoms with Crippen molar-refractivity contribution in [1.82, 2.24) is 15.2 Å². The van der Waals surface area contributed by atoms with Crippen molar-refractivity contribution in [3.63, 3.8) is 0 Å². The lowest BCUT2D eigenvalue weighted by molar-refractivity contribution is -0.122. The molecule has 0 radical (unpaired) electrons. The fourth-order valence-electron chi connectivity index (χ4n) is 3.97. The third-order valence-corrected chi connectivity index (χ3v) is 6.64. The number of carbonyl (C=O) groups is 1. The van der Waals surface area contributed by atoms with E-state index in [-0.39, 0.29) is 5.91 Å². The van der Waals surface area contributed by atoms with Gasteiger partial charge in [0.2, 0.25) is 5.91 Å². The van der Waals surface area contributed by atoms with Crippen molar-refractivity contribution < 1.29 is 9.53 Å². The van der Waals surface area contributed by atoms with Gasteiger partial charge in [-0.15, -0.1) is 11.3 Å². The third kappa shape index (κ3) is 4.95. The van der Waals surface area contributed by atoms with Crippen LogP contribution < -0.4 is 10.1 Å². The summed E-state index contributed by atoms with van der Waals surface area (Å²) in [6, 6.07) is 16.2. The summed E-state index contributed by atoms with van der Waals surface area (Å²) in [4.78, 5) is 19.5. The highest BCUT2D eigenvalue weighted by atomic mass is 32.1. The SMILES string of the molecule is COc1ccccc1CCNC(=O)CN1CCC[C@H](c2nc3ccccc3s2)C1. The highest BCUT2D eigenvalue weighted by Gasteiger charge is 2.25. The molecule has 1 N–H and O–H groups in total. The molecule has 1 aliphatic rings. The maximum absolute atomic E-state index is 12.4. The number of nitrogens with zero attached hydrogens (tertiary/aromatic N) is 2. The van der Waals surface area contributed by atoms with Gasteiger partial charge in [-0.2, -0.15) is 0 Å². The minimum Gasteiger partial charge on any atom is -0.496 e. The van der Waals surface area contributed by atoms with E-state index in [1.807, 2.05) is 30.3 Å². The topological polar surface area (TPSA) is 54.5 Å². The monoisotopic (exact) mass is 409 g/mol. The van der Waals surface area contributed by atoms with E-state index in [4.69, 9.17) is 9.72 Å². The van der Waals surface area contributed by atoms with Gasteiger partial charge in [0.15, 0.2) is 0 Å². The van der Waals surface area contributed by atoms with Crippen LogP contribution in [0.2, 0.25) is 0 Å². The molecule has 1 atom stereocenters. The molecule has 29 heavy (non-hydrogen) atoms. The molecule has 0 aliphatic carbocycles. The Morgan fingerprint density at radius 3 is 2.93 bits per heavy atom. The van der Waals surface area contributed by atoms with Gasteiger partial charge in [0, 0.05) is 19.0 Å². The van der Waals surface area contributed by atoms with Crippen LogP contribution in [0.3, 0.4) is 0 Å².